The van der Waals surface area contributed by atoms with Gasteiger partial charge in [0.15, 0.2) is 5.96 Å². The van der Waals surface area contributed by atoms with Crippen molar-refractivity contribution in [3.63, 3.8) is 0 Å². The second-order valence-corrected chi connectivity index (χ2v) is 6.96. The minimum atomic E-state index is -0.574. The molecule has 0 radical (unpaired) electrons. The highest BCUT2D eigenvalue weighted by molar-refractivity contribution is 14.0. The van der Waals surface area contributed by atoms with E-state index in [1.807, 2.05) is 12.1 Å². The van der Waals surface area contributed by atoms with Crippen LogP contribution in [0.1, 0.15) is 39.9 Å². The Bertz CT molecular complexity index is 851. The Labute approximate surface area is 194 Å². The minimum absolute atomic E-state index is 0. The lowest BCUT2D eigenvalue weighted by molar-refractivity contribution is -0.117. The van der Waals surface area contributed by atoms with E-state index in [2.05, 4.69) is 59.1 Å². The number of rotatable bonds is 8. The molecule has 5 N–H and O–H groups in total. The number of halogens is 1. The fraction of sp³-hybridized carbons (Fsp3) is 0.318. The molecule has 162 valence electrons. The Hall–Kier alpha value is -2.62. The van der Waals surface area contributed by atoms with Gasteiger partial charge in [-0.25, -0.2) is 0 Å². The lowest BCUT2D eigenvalue weighted by atomic mass is 10.0. The van der Waals surface area contributed by atoms with Crippen molar-refractivity contribution in [2.45, 2.75) is 26.3 Å². The SMILES string of the molecule is CN=C(NCc1ccc(C(=O)NCC(N)=O)cc1)NCC(C)c1ccc(C)cc1.I. The number of amides is 2. The number of hydrogen-bond donors (Lipinski definition) is 4. The first-order valence-corrected chi connectivity index (χ1v) is 9.55. The number of aryl methyl sites for hydroxylation is 1. The van der Waals surface area contributed by atoms with E-state index in [1.54, 1.807) is 19.2 Å². The summed E-state index contributed by atoms with van der Waals surface area (Å²) in [6, 6.07) is 15.7. The first-order valence-electron chi connectivity index (χ1n) is 9.55. The van der Waals surface area contributed by atoms with Crippen LogP contribution in [0.15, 0.2) is 53.5 Å². The van der Waals surface area contributed by atoms with Gasteiger partial charge in [-0.3, -0.25) is 14.6 Å². The first kappa shape index (κ1) is 25.4. The van der Waals surface area contributed by atoms with Gasteiger partial charge in [-0.05, 0) is 36.1 Å². The van der Waals surface area contributed by atoms with Crippen LogP contribution >= 0.6 is 24.0 Å². The molecule has 7 nitrogen and oxygen atoms in total. The van der Waals surface area contributed by atoms with Crippen LogP contribution in [0.5, 0.6) is 0 Å². The van der Waals surface area contributed by atoms with Gasteiger partial charge in [0.05, 0.1) is 6.54 Å². The Morgan fingerprint density at radius 1 is 1.00 bits per heavy atom. The number of primary amides is 1. The van der Waals surface area contributed by atoms with E-state index in [-0.39, 0.29) is 36.4 Å². The van der Waals surface area contributed by atoms with Crippen molar-refractivity contribution in [1.29, 1.82) is 0 Å². The molecule has 0 bridgehead atoms. The Balaban J connectivity index is 0.00000450. The molecule has 0 saturated carbocycles. The first-order chi connectivity index (χ1) is 13.9. The molecule has 2 amide bonds. The summed E-state index contributed by atoms with van der Waals surface area (Å²) in [6.45, 7) is 5.42. The van der Waals surface area contributed by atoms with E-state index >= 15 is 0 Å². The molecule has 2 aromatic carbocycles. The van der Waals surface area contributed by atoms with Crippen molar-refractivity contribution in [3.05, 3.63) is 70.8 Å². The second kappa shape index (κ2) is 12.8. The van der Waals surface area contributed by atoms with Crippen LogP contribution in [-0.2, 0) is 11.3 Å². The molecular formula is C22H30IN5O2. The summed E-state index contributed by atoms with van der Waals surface area (Å²) in [5.74, 6) is 0.167. The minimum Gasteiger partial charge on any atom is -0.368 e. The summed E-state index contributed by atoms with van der Waals surface area (Å²) in [6.07, 6.45) is 0. The molecule has 0 aromatic heterocycles. The van der Waals surface area contributed by atoms with Crippen LogP contribution in [0.4, 0.5) is 0 Å². The van der Waals surface area contributed by atoms with Gasteiger partial charge >= 0.3 is 0 Å². The summed E-state index contributed by atoms with van der Waals surface area (Å²) in [5.41, 5.74) is 9.04. The third-order valence-electron chi connectivity index (χ3n) is 4.54. The molecule has 0 aliphatic carbocycles. The zero-order valence-electron chi connectivity index (χ0n) is 17.6. The average molecular weight is 523 g/mol. The molecule has 1 unspecified atom stereocenters. The van der Waals surface area contributed by atoms with Crippen LogP contribution in [0.25, 0.3) is 0 Å². The van der Waals surface area contributed by atoms with Crippen LogP contribution in [0.2, 0.25) is 0 Å². The van der Waals surface area contributed by atoms with Crippen molar-refractivity contribution in [1.82, 2.24) is 16.0 Å². The predicted octanol–water partition coefficient (Wildman–Crippen LogP) is 2.30. The molecule has 0 fully saturated rings. The highest BCUT2D eigenvalue weighted by Crippen LogP contribution is 2.14. The highest BCUT2D eigenvalue weighted by atomic mass is 127. The van der Waals surface area contributed by atoms with Gasteiger partial charge in [-0.2, -0.15) is 0 Å². The fourth-order valence-electron chi connectivity index (χ4n) is 2.71. The summed E-state index contributed by atoms with van der Waals surface area (Å²) in [5, 5.41) is 9.07. The van der Waals surface area contributed by atoms with Gasteiger partial charge in [0, 0.05) is 25.7 Å². The molecule has 0 aliphatic rings. The van der Waals surface area contributed by atoms with E-state index in [1.165, 1.54) is 11.1 Å². The molecule has 0 saturated heterocycles. The molecule has 0 heterocycles. The Morgan fingerprint density at radius 2 is 1.63 bits per heavy atom. The third-order valence-corrected chi connectivity index (χ3v) is 4.54. The lowest BCUT2D eigenvalue weighted by Crippen LogP contribution is -2.38. The van der Waals surface area contributed by atoms with E-state index in [4.69, 9.17) is 5.73 Å². The molecule has 0 aliphatic heterocycles. The lowest BCUT2D eigenvalue weighted by Gasteiger charge is -2.16. The molecule has 0 spiro atoms. The zero-order chi connectivity index (χ0) is 21.2. The molecule has 1 atom stereocenters. The Kier molecular flexibility index (Phi) is 10.9. The van der Waals surface area contributed by atoms with E-state index in [0.717, 1.165) is 12.1 Å². The number of aliphatic imine (C=N–C) groups is 1. The molecule has 2 rings (SSSR count). The maximum atomic E-state index is 11.9. The Morgan fingerprint density at radius 3 is 2.20 bits per heavy atom. The number of nitrogens with two attached hydrogens (primary N) is 1. The summed E-state index contributed by atoms with van der Waals surface area (Å²) < 4.78 is 0. The summed E-state index contributed by atoms with van der Waals surface area (Å²) in [7, 11) is 1.73. The zero-order valence-corrected chi connectivity index (χ0v) is 19.9. The quantitative estimate of drug-likeness (QED) is 0.242. The number of carbonyl (C=O) groups excluding carboxylic acids is 2. The van der Waals surface area contributed by atoms with Crippen molar-refractivity contribution in [2.24, 2.45) is 10.7 Å². The van der Waals surface area contributed by atoms with Gasteiger partial charge in [-0.15, -0.1) is 24.0 Å². The maximum absolute atomic E-state index is 11.9. The summed E-state index contributed by atoms with van der Waals surface area (Å²) >= 11 is 0. The molecule has 30 heavy (non-hydrogen) atoms. The van der Waals surface area contributed by atoms with Gasteiger partial charge in [0.25, 0.3) is 5.91 Å². The monoisotopic (exact) mass is 523 g/mol. The van der Waals surface area contributed by atoms with Crippen LogP contribution in [-0.4, -0.2) is 37.9 Å². The number of hydrogen-bond acceptors (Lipinski definition) is 3. The third kappa shape index (κ3) is 8.40. The van der Waals surface area contributed by atoms with Crippen LogP contribution in [0.3, 0.4) is 0 Å². The fourth-order valence-corrected chi connectivity index (χ4v) is 2.71. The van der Waals surface area contributed by atoms with E-state index in [0.29, 0.717) is 24.0 Å². The van der Waals surface area contributed by atoms with E-state index in [9.17, 15) is 9.59 Å². The number of benzene rings is 2. The van der Waals surface area contributed by atoms with Crippen molar-refractivity contribution < 1.29 is 9.59 Å². The maximum Gasteiger partial charge on any atom is 0.251 e. The van der Waals surface area contributed by atoms with Gasteiger partial charge < -0.3 is 21.7 Å². The van der Waals surface area contributed by atoms with E-state index < -0.39 is 5.91 Å². The van der Waals surface area contributed by atoms with Crippen LogP contribution in [0, 0.1) is 6.92 Å². The molecule has 8 heteroatoms. The highest BCUT2D eigenvalue weighted by Gasteiger charge is 2.08. The normalized spacial score (nSPS) is 11.8. The summed E-state index contributed by atoms with van der Waals surface area (Å²) in [4.78, 5) is 26.9. The topological polar surface area (TPSA) is 109 Å². The van der Waals surface area contributed by atoms with Crippen LogP contribution < -0.4 is 21.7 Å². The number of guanidine groups is 1. The standard InChI is InChI=1S/C22H29N5O2.HI/c1-15-4-8-18(9-5-15)16(2)12-26-22(24-3)27-13-17-6-10-19(11-7-17)21(29)25-14-20(23)28;/h4-11,16H,12-14H2,1-3H3,(H2,23,28)(H,25,29)(H2,24,26,27);1H. The predicted molar refractivity (Wildman–Crippen MR) is 131 cm³/mol. The van der Waals surface area contributed by atoms with Gasteiger partial charge in [0.1, 0.15) is 0 Å². The van der Waals surface area contributed by atoms with Gasteiger partial charge in [-0.1, -0.05) is 48.9 Å². The molecule has 2 aromatic rings. The number of nitrogens with one attached hydrogen (secondary N) is 3. The number of nitrogens with zero attached hydrogens (tertiary/aromatic N) is 1. The van der Waals surface area contributed by atoms with Gasteiger partial charge in [0.2, 0.25) is 5.91 Å². The number of carbonyl (C=O) groups is 2. The smallest absolute Gasteiger partial charge is 0.251 e. The average Bonchev–Trinajstić information content (AvgIpc) is 2.72. The van der Waals surface area contributed by atoms with Crippen molar-refractivity contribution in [2.75, 3.05) is 20.1 Å². The molecular weight excluding hydrogens is 493 g/mol. The second-order valence-electron chi connectivity index (χ2n) is 6.96. The van der Waals surface area contributed by atoms with Crippen molar-refractivity contribution in [3.8, 4) is 0 Å². The van der Waals surface area contributed by atoms with Crippen molar-refractivity contribution >= 4 is 41.8 Å². The largest absolute Gasteiger partial charge is 0.368 e.